The Bertz CT molecular complexity index is 1100. The fraction of sp³-hybridized carbons (Fsp3) is 0.435. The average molecular weight is 424 g/mol. The summed E-state index contributed by atoms with van der Waals surface area (Å²) in [4.78, 5) is 21.1. The lowest BCUT2D eigenvalue weighted by atomic mass is 10.1. The van der Waals surface area contributed by atoms with Crippen molar-refractivity contribution in [2.24, 2.45) is 7.05 Å². The Morgan fingerprint density at radius 1 is 1.13 bits per heavy atom. The zero-order valence-corrected chi connectivity index (χ0v) is 18.5. The average Bonchev–Trinajstić information content (AvgIpc) is 3.29. The van der Waals surface area contributed by atoms with Gasteiger partial charge in [0.15, 0.2) is 0 Å². The van der Waals surface area contributed by atoms with Crippen LogP contribution in [0.3, 0.4) is 0 Å². The molecule has 3 aromatic rings. The number of carbonyl (C=O) groups is 1. The Balaban J connectivity index is 0.00000112. The second-order valence-electron chi connectivity index (χ2n) is 8.08. The molecular weight excluding hydrogens is 394 g/mol. The highest BCUT2D eigenvalue weighted by molar-refractivity contribution is 5.98. The van der Waals surface area contributed by atoms with Crippen LogP contribution < -0.4 is 9.64 Å². The molecule has 0 atom stereocenters. The SMILES string of the molecule is CO.Cc1cc2c(nc1N1CCC(Oc3ccc4c(cnn4C)c3)CC1)CN(C)C2=O. The molecule has 2 aliphatic heterocycles. The summed E-state index contributed by atoms with van der Waals surface area (Å²) < 4.78 is 8.12. The summed E-state index contributed by atoms with van der Waals surface area (Å²) in [5.74, 6) is 1.97. The van der Waals surface area contributed by atoms with Gasteiger partial charge in [0.2, 0.25) is 0 Å². The molecule has 164 valence electrons. The number of aromatic nitrogens is 3. The van der Waals surface area contributed by atoms with Crippen molar-refractivity contribution >= 4 is 22.6 Å². The van der Waals surface area contributed by atoms with E-state index in [0.29, 0.717) is 6.54 Å². The van der Waals surface area contributed by atoms with Gasteiger partial charge in [-0.15, -0.1) is 0 Å². The molecule has 5 rings (SSSR count). The van der Waals surface area contributed by atoms with Crippen LogP contribution in [0.5, 0.6) is 5.75 Å². The van der Waals surface area contributed by atoms with Crippen molar-refractivity contribution in [3.8, 4) is 5.75 Å². The number of anilines is 1. The van der Waals surface area contributed by atoms with Gasteiger partial charge in [0.25, 0.3) is 5.91 Å². The van der Waals surface area contributed by atoms with Gasteiger partial charge >= 0.3 is 0 Å². The lowest BCUT2D eigenvalue weighted by Gasteiger charge is -2.34. The van der Waals surface area contributed by atoms with Crippen molar-refractivity contribution in [1.29, 1.82) is 0 Å². The van der Waals surface area contributed by atoms with Gasteiger partial charge in [-0.1, -0.05) is 0 Å². The van der Waals surface area contributed by atoms with Gasteiger partial charge < -0.3 is 19.6 Å². The topological polar surface area (TPSA) is 83.7 Å². The number of nitrogens with zero attached hydrogens (tertiary/aromatic N) is 5. The molecule has 1 saturated heterocycles. The number of hydrogen-bond donors (Lipinski definition) is 1. The van der Waals surface area contributed by atoms with Crippen molar-refractivity contribution in [3.05, 3.63) is 47.3 Å². The lowest BCUT2D eigenvalue weighted by molar-refractivity contribution is 0.0816. The Hall–Kier alpha value is -3.13. The van der Waals surface area contributed by atoms with E-state index < -0.39 is 0 Å². The van der Waals surface area contributed by atoms with Crippen molar-refractivity contribution < 1.29 is 14.6 Å². The van der Waals surface area contributed by atoms with E-state index in [1.165, 1.54) is 0 Å². The van der Waals surface area contributed by atoms with Gasteiger partial charge in [-0.05, 0) is 36.8 Å². The third kappa shape index (κ3) is 3.95. The number of ether oxygens (including phenoxy) is 1. The monoisotopic (exact) mass is 423 g/mol. The van der Waals surface area contributed by atoms with Crippen molar-refractivity contribution in [2.45, 2.75) is 32.4 Å². The number of aliphatic hydroxyl groups excluding tert-OH is 1. The van der Waals surface area contributed by atoms with Crippen LogP contribution in [0.4, 0.5) is 5.82 Å². The number of amides is 1. The summed E-state index contributed by atoms with van der Waals surface area (Å²) in [6.45, 7) is 4.43. The number of rotatable bonds is 3. The van der Waals surface area contributed by atoms with Gasteiger partial charge in [-0.3, -0.25) is 9.48 Å². The van der Waals surface area contributed by atoms with Crippen molar-refractivity contribution in [3.63, 3.8) is 0 Å². The summed E-state index contributed by atoms with van der Waals surface area (Å²) in [5.41, 5.74) is 3.81. The lowest BCUT2D eigenvalue weighted by Crippen LogP contribution is -2.39. The second kappa shape index (κ2) is 8.55. The first-order valence-corrected chi connectivity index (χ1v) is 10.5. The van der Waals surface area contributed by atoms with Crippen LogP contribution in [0.2, 0.25) is 0 Å². The standard InChI is InChI=1S/C22H25N5O2.CH4O/c1-14-10-18-19(13-25(2)22(18)28)24-21(14)27-8-6-16(7-9-27)29-17-4-5-20-15(11-17)12-23-26(20)3;1-2/h4-5,10-12,16H,6-9,13H2,1-3H3;2H,1H3. The molecular formula is C23H29N5O3. The van der Waals surface area contributed by atoms with E-state index in [-0.39, 0.29) is 12.0 Å². The summed E-state index contributed by atoms with van der Waals surface area (Å²) in [7, 11) is 4.77. The summed E-state index contributed by atoms with van der Waals surface area (Å²) in [6.07, 6.45) is 3.96. The largest absolute Gasteiger partial charge is 0.490 e. The van der Waals surface area contributed by atoms with Crippen LogP contribution in [0.1, 0.15) is 34.5 Å². The minimum absolute atomic E-state index is 0.0693. The van der Waals surface area contributed by atoms with E-state index in [9.17, 15) is 4.79 Å². The predicted molar refractivity (Wildman–Crippen MR) is 119 cm³/mol. The van der Waals surface area contributed by atoms with E-state index in [1.54, 1.807) is 4.90 Å². The molecule has 0 bridgehead atoms. The maximum absolute atomic E-state index is 12.2. The van der Waals surface area contributed by atoms with Crippen molar-refractivity contribution in [2.75, 3.05) is 32.1 Å². The molecule has 0 saturated carbocycles. The fourth-order valence-electron chi connectivity index (χ4n) is 4.36. The normalized spacial score (nSPS) is 16.4. The van der Waals surface area contributed by atoms with Crippen LogP contribution in [-0.4, -0.2) is 64.0 Å². The highest BCUT2D eigenvalue weighted by Gasteiger charge is 2.29. The summed E-state index contributed by atoms with van der Waals surface area (Å²) in [6, 6.07) is 8.14. The van der Waals surface area contributed by atoms with Crippen LogP contribution in [-0.2, 0) is 13.6 Å². The van der Waals surface area contributed by atoms with Gasteiger partial charge in [0.05, 0.1) is 29.5 Å². The van der Waals surface area contributed by atoms with E-state index in [0.717, 1.165) is 72.3 Å². The van der Waals surface area contributed by atoms with Gasteiger partial charge in [-0.2, -0.15) is 5.10 Å². The first-order valence-electron chi connectivity index (χ1n) is 10.5. The summed E-state index contributed by atoms with van der Waals surface area (Å²) >= 11 is 0. The van der Waals surface area contributed by atoms with E-state index in [1.807, 2.05) is 44.0 Å². The van der Waals surface area contributed by atoms with Crippen LogP contribution in [0.25, 0.3) is 10.9 Å². The van der Waals surface area contributed by atoms with Gasteiger partial charge in [-0.25, -0.2) is 4.98 Å². The Kier molecular flexibility index (Phi) is 5.82. The Morgan fingerprint density at radius 3 is 2.61 bits per heavy atom. The Morgan fingerprint density at radius 2 is 1.87 bits per heavy atom. The minimum Gasteiger partial charge on any atom is -0.490 e. The zero-order chi connectivity index (χ0) is 22.1. The quantitative estimate of drug-likeness (QED) is 0.697. The molecule has 0 aliphatic carbocycles. The minimum atomic E-state index is 0.0693. The number of pyridine rings is 1. The molecule has 2 aliphatic rings. The number of hydrogen-bond acceptors (Lipinski definition) is 6. The number of benzene rings is 1. The first-order chi connectivity index (χ1) is 15.0. The Labute approximate surface area is 182 Å². The molecule has 4 heterocycles. The number of piperidine rings is 1. The van der Waals surface area contributed by atoms with E-state index in [2.05, 4.69) is 22.1 Å². The van der Waals surface area contributed by atoms with Gasteiger partial charge in [0.1, 0.15) is 17.7 Å². The fourth-order valence-corrected chi connectivity index (χ4v) is 4.36. The predicted octanol–water partition coefficient (Wildman–Crippen LogP) is 2.52. The third-order valence-corrected chi connectivity index (χ3v) is 5.99. The molecule has 0 unspecified atom stereocenters. The molecule has 1 amide bonds. The van der Waals surface area contributed by atoms with Crippen LogP contribution in [0, 0.1) is 6.92 Å². The number of fused-ring (bicyclic) bond motifs is 2. The molecule has 0 spiro atoms. The van der Waals surface area contributed by atoms with E-state index in [4.69, 9.17) is 14.8 Å². The second-order valence-corrected chi connectivity index (χ2v) is 8.08. The number of aliphatic hydroxyl groups is 1. The van der Waals surface area contributed by atoms with Crippen LogP contribution in [0.15, 0.2) is 30.5 Å². The highest BCUT2D eigenvalue weighted by Crippen LogP contribution is 2.29. The molecule has 1 N–H and O–H groups in total. The smallest absolute Gasteiger partial charge is 0.255 e. The van der Waals surface area contributed by atoms with Gasteiger partial charge in [0, 0.05) is 52.5 Å². The maximum atomic E-state index is 12.2. The highest BCUT2D eigenvalue weighted by atomic mass is 16.5. The molecule has 1 aromatic carbocycles. The molecule has 8 nitrogen and oxygen atoms in total. The summed E-state index contributed by atoms with van der Waals surface area (Å²) in [5, 5.41) is 12.4. The third-order valence-electron chi connectivity index (χ3n) is 5.99. The van der Waals surface area contributed by atoms with Crippen LogP contribution >= 0.6 is 0 Å². The molecule has 31 heavy (non-hydrogen) atoms. The molecule has 2 aromatic heterocycles. The molecule has 0 radical (unpaired) electrons. The first kappa shape index (κ1) is 21.1. The molecule has 1 fully saturated rings. The maximum Gasteiger partial charge on any atom is 0.255 e. The number of carbonyl (C=O) groups excluding carboxylic acids is 1. The molecule has 8 heteroatoms. The van der Waals surface area contributed by atoms with E-state index >= 15 is 0 Å². The van der Waals surface area contributed by atoms with Crippen molar-refractivity contribution in [1.82, 2.24) is 19.7 Å². The zero-order valence-electron chi connectivity index (χ0n) is 18.5. The number of aryl methyl sites for hydroxylation is 2.